The molecule has 0 atom stereocenters. The summed E-state index contributed by atoms with van der Waals surface area (Å²) in [6, 6.07) is 6.35. The number of hydrogen-bond donors (Lipinski definition) is 1. The number of aromatic nitrogens is 2. The summed E-state index contributed by atoms with van der Waals surface area (Å²) in [6.07, 6.45) is 1.60. The molecular formula is C13H16BrN3S2. The zero-order valence-corrected chi connectivity index (χ0v) is 14.3. The molecule has 0 saturated carbocycles. The Kier molecular flexibility index (Phi) is 5.00. The predicted molar refractivity (Wildman–Crippen MR) is 84.8 cm³/mol. The van der Waals surface area contributed by atoms with Crippen LogP contribution in [0.3, 0.4) is 0 Å². The van der Waals surface area contributed by atoms with E-state index in [0.29, 0.717) is 0 Å². The van der Waals surface area contributed by atoms with Gasteiger partial charge in [-0.25, -0.2) is 4.98 Å². The molecule has 0 fully saturated rings. The van der Waals surface area contributed by atoms with Gasteiger partial charge < -0.3 is 5.32 Å². The maximum Gasteiger partial charge on any atom is 0.174 e. The first-order valence-electron chi connectivity index (χ1n) is 5.92. The standard InChI is InChI=1S/C13H16BrN3S2/c1-13(2,3)16-7-9-4-5-10(14)6-11(9)18-12-15-8-17-19-12/h4-6,8,16H,7H2,1-3H3. The first-order valence-corrected chi connectivity index (χ1v) is 8.30. The number of nitrogens with zero attached hydrogens (tertiary/aromatic N) is 2. The number of rotatable bonds is 4. The Hall–Kier alpha value is -0.430. The van der Waals surface area contributed by atoms with E-state index in [1.807, 2.05) is 0 Å². The van der Waals surface area contributed by atoms with Crippen LogP contribution in [0.2, 0.25) is 0 Å². The summed E-state index contributed by atoms with van der Waals surface area (Å²) < 4.78 is 6.09. The van der Waals surface area contributed by atoms with Gasteiger partial charge in [0.25, 0.3) is 0 Å². The highest BCUT2D eigenvalue weighted by Crippen LogP contribution is 2.33. The zero-order valence-electron chi connectivity index (χ0n) is 11.1. The molecular weight excluding hydrogens is 342 g/mol. The summed E-state index contributed by atoms with van der Waals surface area (Å²) in [4.78, 5) is 5.44. The molecule has 2 aromatic rings. The van der Waals surface area contributed by atoms with Crippen molar-refractivity contribution in [1.29, 1.82) is 0 Å². The average Bonchev–Trinajstić information content (AvgIpc) is 2.79. The Labute approximate surface area is 130 Å². The predicted octanol–water partition coefficient (Wildman–Crippen LogP) is 4.34. The van der Waals surface area contributed by atoms with Crippen LogP contribution in [0.1, 0.15) is 26.3 Å². The summed E-state index contributed by atoms with van der Waals surface area (Å²) in [7, 11) is 0. The monoisotopic (exact) mass is 357 g/mol. The molecule has 19 heavy (non-hydrogen) atoms. The molecule has 0 radical (unpaired) electrons. The van der Waals surface area contributed by atoms with Crippen LogP contribution >= 0.6 is 39.2 Å². The van der Waals surface area contributed by atoms with Gasteiger partial charge in [-0.3, -0.25) is 0 Å². The first kappa shape index (κ1) is 15.0. The van der Waals surface area contributed by atoms with Crippen LogP contribution < -0.4 is 5.32 Å². The Morgan fingerprint density at radius 2 is 2.16 bits per heavy atom. The minimum absolute atomic E-state index is 0.109. The molecule has 0 unspecified atom stereocenters. The molecule has 1 N–H and O–H groups in total. The molecule has 0 aliphatic carbocycles. The van der Waals surface area contributed by atoms with E-state index >= 15 is 0 Å². The fraction of sp³-hybridized carbons (Fsp3) is 0.385. The van der Waals surface area contributed by atoms with Gasteiger partial charge in [-0.1, -0.05) is 33.8 Å². The van der Waals surface area contributed by atoms with Gasteiger partial charge in [-0.15, -0.1) is 0 Å². The molecule has 1 aromatic carbocycles. The van der Waals surface area contributed by atoms with Crippen molar-refractivity contribution in [3.63, 3.8) is 0 Å². The van der Waals surface area contributed by atoms with Crippen molar-refractivity contribution in [3.8, 4) is 0 Å². The molecule has 0 spiro atoms. The number of halogens is 1. The SMILES string of the molecule is CC(C)(C)NCc1ccc(Br)cc1Sc1ncns1. The van der Waals surface area contributed by atoms with Gasteiger partial charge in [0.2, 0.25) is 0 Å². The van der Waals surface area contributed by atoms with Crippen LogP contribution in [-0.2, 0) is 6.54 Å². The number of hydrogen-bond acceptors (Lipinski definition) is 5. The van der Waals surface area contributed by atoms with Gasteiger partial charge in [-0.2, -0.15) is 4.37 Å². The molecule has 1 heterocycles. The van der Waals surface area contributed by atoms with Crippen molar-refractivity contribution in [2.24, 2.45) is 0 Å². The van der Waals surface area contributed by atoms with Gasteiger partial charge in [0.1, 0.15) is 6.33 Å². The summed E-state index contributed by atoms with van der Waals surface area (Å²) >= 11 is 6.61. The lowest BCUT2D eigenvalue weighted by molar-refractivity contribution is 0.422. The smallest absolute Gasteiger partial charge is 0.174 e. The second-order valence-corrected chi connectivity index (χ2v) is 8.15. The molecule has 3 nitrogen and oxygen atoms in total. The molecule has 2 rings (SSSR count). The van der Waals surface area contributed by atoms with E-state index < -0.39 is 0 Å². The van der Waals surface area contributed by atoms with E-state index in [1.165, 1.54) is 22.0 Å². The van der Waals surface area contributed by atoms with Gasteiger partial charge >= 0.3 is 0 Å². The van der Waals surface area contributed by atoms with Crippen molar-refractivity contribution >= 4 is 39.2 Å². The third-order valence-corrected chi connectivity index (χ3v) is 4.68. The van der Waals surface area contributed by atoms with Crippen molar-refractivity contribution in [2.45, 2.75) is 42.1 Å². The Morgan fingerprint density at radius 3 is 2.79 bits per heavy atom. The fourth-order valence-corrected chi connectivity index (χ4v) is 3.52. The van der Waals surface area contributed by atoms with Crippen molar-refractivity contribution in [3.05, 3.63) is 34.6 Å². The highest BCUT2D eigenvalue weighted by molar-refractivity contribution is 9.10. The van der Waals surface area contributed by atoms with E-state index in [-0.39, 0.29) is 5.54 Å². The lowest BCUT2D eigenvalue weighted by Gasteiger charge is -2.21. The van der Waals surface area contributed by atoms with E-state index in [4.69, 9.17) is 0 Å². The summed E-state index contributed by atoms with van der Waals surface area (Å²) in [5.74, 6) is 0. The lowest BCUT2D eigenvalue weighted by atomic mass is 10.1. The average molecular weight is 358 g/mol. The van der Waals surface area contributed by atoms with Crippen molar-refractivity contribution in [2.75, 3.05) is 0 Å². The van der Waals surface area contributed by atoms with Gasteiger partial charge in [0, 0.05) is 21.5 Å². The highest BCUT2D eigenvalue weighted by atomic mass is 79.9. The minimum Gasteiger partial charge on any atom is -0.308 e. The van der Waals surface area contributed by atoms with E-state index in [0.717, 1.165) is 15.4 Å². The molecule has 0 aliphatic rings. The maximum atomic E-state index is 4.23. The highest BCUT2D eigenvalue weighted by Gasteiger charge is 2.12. The third-order valence-electron chi connectivity index (χ3n) is 2.38. The first-order chi connectivity index (χ1) is 8.94. The molecule has 102 valence electrons. The topological polar surface area (TPSA) is 37.8 Å². The van der Waals surface area contributed by atoms with Crippen molar-refractivity contribution < 1.29 is 0 Å². The van der Waals surface area contributed by atoms with Crippen LogP contribution in [0.5, 0.6) is 0 Å². The molecule has 1 aromatic heterocycles. The fourth-order valence-electron chi connectivity index (χ4n) is 1.43. The van der Waals surface area contributed by atoms with Crippen LogP contribution in [-0.4, -0.2) is 14.9 Å². The third kappa shape index (κ3) is 4.87. The quantitative estimate of drug-likeness (QED) is 0.882. The van der Waals surface area contributed by atoms with E-state index in [9.17, 15) is 0 Å². The summed E-state index contributed by atoms with van der Waals surface area (Å²) in [6.45, 7) is 7.36. The van der Waals surface area contributed by atoms with Crippen molar-refractivity contribution in [1.82, 2.24) is 14.7 Å². The Morgan fingerprint density at radius 1 is 1.37 bits per heavy atom. The Balaban J connectivity index is 2.18. The zero-order chi connectivity index (χ0) is 13.9. The lowest BCUT2D eigenvalue weighted by Crippen LogP contribution is -2.35. The molecule has 0 aliphatic heterocycles. The summed E-state index contributed by atoms with van der Waals surface area (Å²) in [5, 5.41) is 3.52. The number of benzene rings is 1. The molecule has 0 saturated heterocycles. The van der Waals surface area contributed by atoms with Crippen LogP contribution in [0, 0.1) is 0 Å². The molecule has 0 amide bonds. The second-order valence-electron chi connectivity index (χ2n) is 5.16. The van der Waals surface area contributed by atoms with Crippen LogP contribution in [0.15, 0.2) is 38.2 Å². The van der Waals surface area contributed by atoms with Gasteiger partial charge in [0.15, 0.2) is 4.34 Å². The van der Waals surface area contributed by atoms with Gasteiger partial charge in [-0.05, 0) is 50.0 Å². The molecule has 6 heteroatoms. The minimum atomic E-state index is 0.109. The summed E-state index contributed by atoms with van der Waals surface area (Å²) in [5.41, 5.74) is 1.39. The Bertz CT molecular complexity index is 535. The maximum absolute atomic E-state index is 4.23. The normalized spacial score (nSPS) is 11.8. The van der Waals surface area contributed by atoms with Crippen LogP contribution in [0.4, 0.5) is 0 Å². The molecule has 0 bridgehead atoms. The van der Waals surface area contributed by atoms with E-state index in [1.54, 1.807) is 18.1 Å². The van der Waals surface area contributed by atoms with E-state index in [2.05, 4.69) is 69.6 Å². The number of nitrogens with one attached hydrogen (secondary N) is 1. The second kappa shape index (κ2) is 6.35. The largest absolute Gasteiger partial charge is 0.308 e. The van der Waals surface area contributed by atoms with Crippen LogP contribution in [0.25, 0.3) is 0 Å². The van der Waals surface area contributed by atoms with Gasteiger partial charge in [0.05, 0.1) is 0 Å².